The molecule has 0 heterocycles. The van der Waals surface area contributed by atoms with Gasteiger partial charge in [0.2, 0.25) is 0 Å². The average Bonchev–Trinajstić information content (AvgIpc) is 2.68. The van der Waals surface area contributed by atoms with E-state index in [1.54, 1.807) is 0 Å². The van der Waals surface area contributed by atoms with E-state index in [1.807, 2.05) is 7.05 Å². The summed E-state index contributed by atoms with van der Waals surface area (Å²) in [5.74, 6) is 0. The Bertz CT molecular complexity index is 395. The Morgan fingerprint density at radius 1 is 0.538 bits per heavy atom. The van der Waals surface area contributed by atoms with Crippen LogP contribution in [0.1, 0.15) is 115 Å². The van der Waals surface area contributed by atoms with E-state index >= 15 is 0 Å². The lowest BCUT2D eigenvalue weighted by molar-refractivity contribution is 0.529. The molecule has 26 heavy (non-hydrogen) atoms. The van der Waals surface area contributed by atoms with Gasteiger partial charge in [-0.1, -0.05) is 115 Å². The van der Waals surface area contributed by atoms with Gasteiger partial charge in [-0.25, -0.2) is 0 Å². The second-order valence-electron chi connectivity index (χ2n) is 8.00. The van der Waals surface area contributed by atoms with Crippen molar-refractivity contribution in [3.8, 4) is 0 Å². The minimum Gasteiger partial charge on any atom is -0.388 e. The van der Waals surface area contributed by atoms with Crippen molar-refractivity contribution >= 4 is 5.69 Å². The summed E-state index contributed by atoms with van der Waals surface area (Å²) >= 11 is 0. The van der Waals surface area contributed by atoms with Crippen LogP contribution >= 0.6 is 0 Å². The fourth-order valence-electron chi connectivity index (χ4n) is 3.72. The summed E-state index contributed by atoms with van der Waals surface area (Å²) in [5.41, 5.74) is 2.69. The smallest absolute Gasteiger partial charge is 0.0337 e. The monoisotopic (exact) mass is 359 g/mol. The molecule has 1 heteroatoms. The first-order valence-electron chi connectivity index (χ1n) is 11.6. The zero-order valence-corrected chi connectivity index (χ0v) is 17.8. The molecule has 0 saturated carbocycles. The van der Waals surface area contributed by atoms with Crippen molar-refractivity contribution in [1.29, 1.82) is 0 Å². The number of unbranched alkanes of at least 4 members (excludes halogenated alkanes) is 15. The molecule has 0 aliphatic rings. The van der Waals surface area contributed by atoms with Gasteiger partial charge in [-0.3, -0.25) is 0 Å². The molecule has 0 fully saturated rings. The van der Waals surface area contributed by atoms with Gasteiger partial charge in [0.15, 0.2) is 0 Å². The van der Waals surface area contributed by atoms with Gasteiger partial charge in [-0.2, -0.15) is 0 Å². The molecule has 1 aromatic carbocycles. The SMILES string of the molecule is CCCCCCCCCCCCCCCCCCc1ccc(NC)cc1. The van der Waals surface area contributed by atoms with Crippen LogP contribution in [0.3, 0.4) is 0 Å². The van der Waals surface area contributed by atoms with Crippen LogP contribution in [-0.4, -0.2) is 7.05 Å². The predicted molar refractivity (Wildman–Crippen MR) is 119 cm³/mol. The normalized spacial score (nSPS) is 11.0. The highest BCUT2D eigenvalue weighted by Crippen LogP contribution is 2.15. The third-order valence-electron chi connectivity index (χ3n) is 5.56. The number of hydrogen-bond donors (Lipinski definition) is 1. The molecule has 0 aromatic heterocycles. The standard InChI is InChI=1S/C25H45N/c1-3-4-5-6-7-8-9-10-11-12-13-14-15-16-17-18-19-24-20-22-25(26-2)23-21-24/h20-23,26H,3-19H2,1-2H3. The molecule has 0 aliphatic carbocycles. The Morgan fingerprint density at radius 2 is 0.923 bits per heavy atom. The summed E-state index contributed by atoms with van der Waals surface area (Å²) in [7, 11) is 1.98. The highest BCUT2D eigenvalue weighted by Gasteiger charge is 1.96. The van der Waals surface area contributed by atoms with E-state index in [0.717, 1.165) is 0 Å². The van der Waals surface area contributed by atoms with Gasteiger partial charge in [0.05, 0.1) is 0 Å². The van der Waals surface area contributed by atoms with E-state index in [2.05, 4.69) is 36.5 Å². The van der Waals surface area contributed by atoms with Crippen LogP contribution < -0.4 is 5.32 Å². The highest BCUT2D eigenvalue weighted by molar-refractivity contribution is 5.43. The van der Waals surface area contributed by atoms with Crippen LogP contribution in [0.4, 0.5) is 5.69 Å². The molecule has 1 aromatic rings. The van der Waals surface area contributed by atoms with E-state index in [9.17, 15) is 0 Å². The first-order chi connectivity index (χ1) is 12.9. The quantitative estimate of drug-likeness (QED) is 0.259. The molecule has 0 bridgehead atoms. The van der Waals surface area contributed by atoms with Gasteiger partial charge in [0, 0.05) is 12.7 Å². The van der Waals surface area contributed by atoms with Gasteiger partial charge in [-0.05, 0) is 30.5 Å². The second kappa shape index (κ2) is 17.4. The molecular weight excluding hydrogens is 314 g/mol. The summed E-state index contributed by atoms with van der Waals surface area (Å²) in [6, 6.07) is 8.89. The van der Waals surface area contributed by atoms with E-state index in [4.69, 9.17) is 0 Å². The molecule has 0 radical (unpaired) electrons. The Balaban J connectivity index is 1.76. The van der Waals surface area contributed by atoms with Crippen molar-refractivity contribution in [2.75, 3.05) is 12.4 Å². The molecule has 0 atom stereocenters. The maximum Gasteiger partial charge on any atom is 0.0337 e. The van der Waals surface area contributed by atoms with Crippen LogP contribution in [0.15, 0.2) is 24.3 Å². The van der Waals surface area contributed by atoms with Crippen molar-refractivity contribution in [2.24, 2.45) is 0 Å². The zero-order chi connectivity index (χ0) is 18.7. The molecule has 1 nitrogen and oxygen atoms in total. The number of nitrogens with one attached hydrogen (secondary N) is 1. The lowest BCUT2D eigenvalue weighted by Crippen LogP contribution is -1.90. The molecule has 1 rings (SSSR count). The lowest BCUT2D eigenvalue weighted by Gasteiger charge is -2.05. The van der Waals surface area contributed by atoms with E-state index in [-0.39, 0.29) is 0 Å². The average molecular weight is 360 g/mol. The summed E-state index contributed by atoms with van der Waals surface area (Å²) in [6.45, 7) is 2.30. The van der Waals surface area contributed by atoms with E-state index in [0.29, 0.717) is 0 Å². The van der Waals surface area contributed by atoms with Gasteiger partial charge in [0.25, 0.3) is 0 Å². The fourth-order valence-corrected chi connectivity index (χ4v) is 3.72. The van der Waals surface area contributed by atoms with Crippen molar-refractivity contribution < 1.29 is 0 Å². The first-order valence-corrected chi connectivity index (χ1v) is 11.6. The Morgan fingerprint density at radius 3 is 1.31 bits per heavy atom. The fraction of sp³-hybridized carbons (Fsp3) is 0.760. The summed E-state index contributed by atoms with van der Waals surface area (Å²) in [6.07, 6.45) is 24.3. The number of aryl methyl sites for hydroxylation is 1. The molecule has 0 aliphatic heterocycles. The highest BCUT2D eigenvalue weighted by atomic mass is 14.8. The van der Waals surface area contributed by atoms with Gasteiger partial charge < -0.3 is 5.32 Å². The summed E-state index contributed by atoms with van der Waals surface area (Å²) < 4.78 is 0. The summed E-state index contributed by atoms with van der Waals surface area (Å²) in [4.78, 5) is 0. The summed E-state index contributed by atoms with van der Waals surface area (Å²) in [5, 5.41) is 3.18. The van der Waals surface area contributed by atoms with E-state index in [1.165, 1.54) is 120 Å². The van der Waals surface area contributed by atoms with Crippen LogP contribution in [0, 0.1) is 0 Å². The van der Waals surface area contributed by atoms with Crippen molar-refractivity contribution in [3.05, 3.63) is 29.8 Å². The molecule has 0 spiro atoms. The number of rotatable bonds is 18. The molecule has 0 amide bonds. The molecule has 0 unspecified atom stereocenters. The van der Waals surface area contributed by atoms with Crippen molar-refractivity contribution in [3.63, 3.8) is 0 Å². The van der Waals surface area contributed by atoms with Crippen LogP contribution in [-0.2, 0) is 6.42 Å². The molecule has 1 N–H and O–H groups in total. The van der Waals surface area contributed by atoms with Crippen LogP contribution in [0.5, 0.6) is 0 Å². The number of anilines is 1. The van der Waals surface area contributed by atoms with Crippen molar-refractivity contribution in [1.82, 2.24) is 0 Å². The largest absolute Gasteiger partial charge is 0.388 e. The molecule has 150 valence electrons. The number of hydrogen-bond acceptors (Lipinski definition) is 1. The van der Waals surface area contributed by atoms with E-state index < -0.39 is 0 Å². The minimum absolute atomic E-state index is 1.21. The lowest BCUT2D eigenvalue weighted by atomic mass is 10.0. The van der Waals surface area contributed by atoms with Crippen LogP contribution in [0.25, 0.3) is 0 Å². The maximum absolute atomic E-state index is 3.18. The Labute approximate surface area is 164 Å². The second-order valence-corrected chi connectivity index (χ2v) is 8.00. The third kappa shape index (κ3) is 13.3. The minimum atomic E-state index is 1.21. The Hall–Kier alpha value is -0.980. The maximum atomic E-state index is 3.18. The predicted octanol–water partition coefficient (Wildman–Crippen LogP) is 8.53. The zero-order valence-electron chi connectivity index (χ0n) is 17.8. The number of benzene rings is 1. The Kier molecular flexibility index (Phi) is 15.5. The van der Waals surface area contributed by atoms with Gasteiger partial charge in [-0.15, -0.1) is 0 Å². The first kappa shape index (κ1) is 23.1. The third-order valence-corrected chi connectivity index (χ3v) is 5.56. The van der Waals surface area contributed by atoms with Crippen molar-refractivity contribution in [2.45, 2.75) is 116 Å². The van der Waals surface area contributed by atoms with Crippen LogP contribution in [0.2, 0.25) is 0 Å². The van der Waals surface area contributed by atoms with Gasteiger partial charge in [0.1, 0.15) is 0 Å². The van der Waals surface area contributed by atoms with Gasteiger partial charge >= 0.3 is 0 Å². The molecule has 0 saturated heterocycles. The molecular formula is C25H45N. The topological polar surface area (TPSA) is 12.0 Å².